The number of rotatable bonds is 0. The van der Waals surface area contributed by atoms with Crippen molar-refractivity contribution in [1.29, 1.82) is 0 Å². The molecule has 0 amide bonds. The largest absolute Gasteiger partial charge is 0.135 e. The molecule has 1 aliphatic carbocycles. The lowest BCUT2D eigenvalue weighted by molar-refractivity contribution is 1.41. The summed E-state index contributed by atoms with van der Waals surface area (Å²) in [5.41, 5.74) is 2.62. The molecule has 0 saturated carbocycles. The number of thiophene rings is 1. The number of benzene rings is 1. The molecule has 14 heavy (non-hydrogen) atoms. The minimum atomic E-state index is 0.994. The monoisotopic (exact) mass is 198 g/mol. The maximum Gasteiger partial charge on any atom is 0.0355 e. The van der Waals surface area contributed by atoms with Crippen molar-refractivity contribution in [3.8, 4) is 0 Å². The van der Waals surface area contributed by atoms with Crippen molar-refractivity contribution in [3.05, 3.63) is 47.4 Å². The van der Waals surface area contributed by atoms with Crippen molar-refractivity contribution in [1.82, 2.24) is 0 Å². The predicted octanol–water partition coefficient (Wildman–Crippen LogP) is 4.33. The number of allylic oxidation sites excluding steroid dienone is 2. The molecule has 0 nitrogen and oxygen atoms in total. The van der Waals surface area contributed by atoms with Gasteiger partial charge >= 0.3 is 0 Å². The highest BCUT2D eigenvalue weighted by Crippen LogP contribution is 2.39. The van der Waals surface area contributed by atoms with Gasteiger partial charge in [-0.05, 0) is 24.1 Å². The zero-order valence-corrected chi connectivity index (χ0v) is 8.60. The Bertz CT molecular complexity index is 543. The molecule has 1 aliphatic rings. The molecule has 1 heteroatoms. The lowest BCUT2D eigenvalue weighted by atomic mass is 9.97. The molecule has 0 aliphatic heterocycles. The van der Waals surface area contributed by atoms with Gasteiger partial charge in [0.2, 0.25) is 0 Å². The summed E-state index contributed by atoms with van der Waals surface area (Å²) < 4.78 is 1.37. The van der Waals surface area contributed by atoms with Gasteiger partial charge in [0, 0.05) is 20.5 Å². The van der Waals surface area contributed by atoms with E-state index in [1.807, 2.05) is 11.3 Å². The summed E-state index contributed by atoms with van der Waals surface area (Å²) in [5.74, 6) is 0. The first kappa shape index (κ1) is 8.01. The van der Waals surface area contributed by atoms with Gasteiger partial charge in [-0.3, -0.25) is 0 Å². The van der Waals surface area contributed by atoms with E-state index >= 15 is 0 Å². The fourth-order valence-corrected chi connectivity index (χ4v) is 3.14. The fourth-order valence-electron chi connectivity index (χ4n) is 1.96. The summed E-state index contributed by atoms with van der Waals surface area (Å²) in [6.45, 7) is 4.13. The van der Waals surface area contributed by atoms with Crippen LogP contribution in [-0.4, -0.2) is 0 Å². The average Bonchev–Trinajstić information content (AvgIpc) is 2.57. The second-order valence-electron chi connectivity index (χ2n) is 3.55. The van der Waals surface area contributed by atoms with Crippen molar-refractivity contribution in [2.45, 2.75) is 6.42 Å². The molecule has 1 aromatic carbocycles. The van der Waals surface area contributed by atoms with E-state index in [0.717, 1.165) is 6.42 Å². The standard InChI is InChI=1S/C13H10S/c1-9-5-4-8-12-13(9)10-6-2-3-7-11(10)14-12/h2-4,6-8H,1,5H2. The van der Waals surface area contributed by atoms with Crippen molar-refractivity contribution in [3.63, 3.8) is 0 Å². The first-order chi connectivity index (χ1) is 6.86. The van der Waals surface area contributed by atoms with Crippen LogP contribution in [0.2, 0.25) is 0 Å². The molecule has 0 spiro atoms. The fraction of sp³-hybridized carbons (Fsp3) is 0.0769. The molecule has 0 saturated heterocycles. The Balaban J connectivity index is 2.46. The molecule has 2 aromatic rings. The Kier molecular flexibility index (Phi) is 1.62. The van der Waals surface area contributed by atoms with Gasteiger partial charge in [0.15, 0.2) is 0 Å². The van der Waals surface area contributed by atoms with E-state index in [1.165, 1.54) is 26.1 Å². The Morgan fingerprint density at radius 2 is 2.07 bits per heavy atom. The molecule has 0 bridgehead atoms. The normalized spacial score (nSPS) is 14.7. The van der Waals surface area contributed by atoms with Gasteiger partial charge in [-0.25, -0.2) is 0 Å². The maximum absolute atomic E-state index is 4.13. The molecular weight excluding hydrogens is 188 g/mol. The highest BCUT2D eigenvalue weighted by molar-refractivity contribution is 7.20. The van der Waals surface area contributed by atoms with Crippen molar-refractivity contribution >= 4 is 33.1 Å². The minimum absolute atomic E-state index is 0.994. The first-order valence-corrected chi connectivity index (χ1v) is 5.54. The molecule has 1 aromatic heterocycles. The average molecular weight is 198 g/mol. The van der Waals surface area contributed by atoms with Gasteiger partial charge < -0.3 is 0 Å². The molecule has 3 rings (SSSR count). The summed E-state index contributed by atoms with van der Waals surface area (Å²) in [6.07, 6.45) is 5.41. The molecular formula is C13H10S. The third kappa shape index (κ3) is 0.992. The third-order valence-electron chi connectivity index (χ3n) is 2.61. The van der Waals surface area contributed by atoms with E-state index in [9.17, 15) is 0 Å². The van der Waals surface area contributed by atoms with Crippen LogP contribution in [0.5, 0.6) is 0 Å². The number of hydrogen-bond acceptors (Lipinski definition) is 1. The van der Waals surface area contributed by atoms with Crippen LogP contribution in [-0.2, 0) is 0 Å². The van der Waals surface area contributed by atoms with E-state index in [0.29, 0.717) is 0 Å². The second-order valence-corrected chi connectivity index (χ2v) is 4.63. The van der Waals surface area contributed by atoms with E-state index in [1.54, 1.807) is 0 Å². The van der Waals surface area contributed by atoms with Crippen LogP contribution in [0.1, 0.15) is 16.9 Å². The van der Waals surface area contributed by atoms with Crippen LogP contribution in [0, 0.1) is 0 Å². The topological polar surface area (TPSA) is 0 Å². The minimum Gasteiger partial charge on any atom is -0.135 e. The summed E-state index contributed by atoms with van der Waals surface area (Å²) in [6, 6.07) is 8.56. The van der Waals surface area contributed by atoms with E-state index < -0.39 is 0 Å². The van der Waals surface area contributed by atoms with Crippen molar-refractivity contribution in [2.75, 3.05) is 0 Å². The second kappa shape index (κ2) is 2.82. The lowest BCUT2D eigenvalue weighted by Gasteiger charge is -2.07. The van der Waals surface area contributed by atoms with Gasteiger partial charge in [0.1, 0.15) is 0 Å². The van der Waals surface area contributed by atoms with Gasteiger partial charge in [-0.2, -0.15) is 0 Å². The Morgan fingerprint density at radius 1 is 1.21 bits per heavy atom. The molecule has 68 valence electrons. The molecule has 0 atom stereocenters. The van der Waals surface area contributed by atoms with E-state index in [2.05, 4.69) is 43.0 Å². The van der Waals surface area contributed by atoms with Gasteiger partial charge in [-0.15, -0.1) is 11.3 Å². The molecule has 0 radical (unpaired) electrons. The molecule has 0 unspecified atom stereocenters. The lowest BCUT2D eigenvalue weighted by Crippen LogP contribution is -1.86. The Labute approximate surface area is 87.2 Å². The molecule has 0 fully saturated rings. The first-order valence-electron chi connectivity index (χ1n) is 4.72. The van der Waals surface area contributed by atoms with Gasteiger partial charge in [0.05, 0.1) is 0 Å². The zero-order valence-electron chi connectivity index (χ0n) is 7.79. The van der Waals surface area contributed by atoms with Crippen LogP contribution in [0.15, 0.2) is 36.9 Å². The van der Waals surface area contributed by atoms with Crippen LogP contribution >= 0.6 is 11.3 Å². The van der Waals surface area contributed by atoms with E-state index in [-0.39, 0.29) is 0 Å². The Hall–Kier alpha value is -1.34. The highest BCUT2D eigenvalue weighted by atomic mass is 32.1. The summed E-state index contributed by atoms with van der Waals surface area (Å²) in [4.78, 5) is 1.36. The quantitative estimate of drug-likeness (QED) is 0.591. The SMILES string of the molecule is C=C1CC=Cc2sc3ccccc3c21. The highest BCUT2D eigenvalue weighted by Gasteiger charge is 2.14. The number of fused-ring (bicyclic) bond motifs is 3. The summed E-state index contributed by atoms with van der Waals surface area (Å²) in [7, 11) is 0. The Morgan fingerprint density at radius 3 is 3.00 bits per heavy atom. The number of hydrogen-bond donors (Lipinski definition) is 0. The molecule has 0 N–H and O–H groups in total. The van der Waals surface area contributed by atoms with E-state index in [4.69, 9.17) is 0 Å². The van der Waals surface area contributed by atoms with Gasteiger partial charge in [0.25, 0.3) is 0 Å². The van der Waals surface area contributed by atoms with Crippen LogP contribution < -0.4 is 0 Å². The smallest absolute Gasteiger partial charge is 0.0355 e. The van der Waals surface area contributed by atoms with Gasteiger partial charge in [-0.1, -0.05) is 30.9 Å². The predicted molar refractivity (Wildman–Crippen MR) is 64.5 cm³/mol. The zero-order chi connectivity index (χ0) is 9.54. The summed E-state index contributed by atoms with van der Waals surface area (Å²) >= 11 is 1.86. The van der Waals surface area contributed by atoms with Crippen molar-refractivity contribution in [2.24, 2.45) is 0 Å². The summed E-state index contributed by atoms with van der Waals surface area (Å²) in [5, 5.41) is 1.36. The van der Waals surface area contributed by atoms with Crippen molar-refractivity contribution < 1.29 is 0 Å². The van der Waals surface area contributed by atoms with Crippen LogP contribution in [0.4, 0.5) is 0 Å². The maximum atomic E-state index is 4.13. The van der Waals surface area contributed by atoms with Crippen LogP contribution in [0.3, 0.4) is 0 Å². The third-order valence-corrected chi connectivity index (χ3v) is 3.75. The molecule has 1 heterocycles. The van der Waals surface area contributed by atoms with Crippen LogP contribution in [0.25, 0.3) is 21.7 Å².